The molecule has 0 amide bonds. The minimum absolute atomic E-state index is 0.0165. The van der Waals surface area contributed by atoms with Crippen LogP contribution in [-0.2, 0) is 14.8 Å². The van der Waals surface area contributed by atoms with E-state index in [2.05, 4.69) is 0 Å². The van der Waals surface area contributed by atoms with Crippen molar-refractivity contribution in [3.8, 4) is 0 Å². The maximum absolute atomic E-state index is 11.8. The first-order valence-electron chi connectivity index (χ1n) is 4.88. The molecule has 17 heavy (non-hydrogen) atoms. The maximum atomic E-state index is 11.8. The molecule has 0 heterocycles. The number of hydrogen-bond donors (Lipinski definition) is 3. The summed E-state index contributed by atoms with van der Waals surface area (Å²) < 4.78 is 25.6. The Balaban J connectivity index is 2.96. The van der Waals surface area contributed by atoms with E-state index in [9.17, 15) is 13.2 Å². The lowest BCUT2D eigenvalue weighted by molar-refractivity contribution is -0.138. The fourth-order valence-corrected chi connectivity index (χ4v) is 2.37. The molecule has 94 valence electrons. The lowest BCUT2D eigenvalue weighted by Gasteiger charge is -2.12. The Hall–Kier alpha value is -1.44. The number of carbonyl (C=O) groups is 1. The average Bonchev–Trinajstić information content (AvgIpc) is 2.26. The summed E-state index contributed by atoms with van der Waals surface area (Å²) in [7, 11) is -3.84. The molecule has 0 aliphatic heterocycles. The Kier molecular flexibility index (Phi) is 4.22. The Morgan fingerprint density at radius 3 is 2.35 bits per heavy atom. The van der Waals surface area contributed by atoms with Crippen molar-refractivity contribution in [1.82, 2.24) is 4.72 Å². The summed E-state index contributed by atoms with van der Waals surface area (Å²) in [6.07, 6.45) is 0. The number of nitrogens with two attached hydrogens (primary N) is 1. The second-order valence-corrected chi connectivity index (χ2v) is 5.27. The normalized spacial score (nSPS) is 13.3. The third kappa shape index (κ3) is 3.52. The highest BCUT2D eigenvalue weighted by Crippen LogP contribution is 2.10. The van der Waals surface area contributed by atoms with Gasteiger partial charge in [0.05, 0.1) is 4.90 Å². The van der Waals surface area contributed by atoms with Gasteiger partial charge in [0.1, 0.15) is 6.04 Å². The highest BCUT2D eigenvalue weighted by Gasteiger charge is 2.23. The van der Waals surface area contributed by atoms with E-state index < -0.39 is 22.0 Å². The third-order valence-electron chi connectivity index (χ3n) is 2.16. The topological polar surface area (TPSA) is 109 Å². The van der Waals surface area contributed by atoms with Gasteiger partial charge in [-0.25, -0.2) is 8.42 Å². The van der Waals surface area contributed by atoms with Gasteiger partial charge in [0.2, 0.25) is 10.0 Å². The van der Waals surface area contributed by atoms with E-state index in [1.807, 2.05) is 11.6 Å². The van der Waals surface area contributed by atoms with E-state index in [4.69, 9.17) is 10.8 Å². The molecular formula is C10H14N2O4S. The molecule has 1 atom stereocenters. The molecule has 0 fully saturated rings. The average molecular weight is 258 g/mol. The summed E-state index contributed by atoms with van der Waals surface area (Å²) in [5.41, 5.74) is 6.09. The molecule has 0 aliphatic rings. The van der Waals surface area contributed by atoms with Gasteiger partial charge in [0.25, 0.3) is 0 Å². The predicted molar refractivity (Wildman–Crippen MR) is 62.0 cm³/mol. The monoisotopic (exact) mass is 258 g/mol. The molecule has 0 spiro atoms. The summed E-state index contributed by atoms with van der Waals surface area (Å²) in [5, 5.41) is 8.72. The van der Waals surface area contributed by atoms with Crippen LogP contribution in [-0.4, -0.2) is 32.1 Å². The Labute approximate surface area is 99.5 Å². The number of carboxylic acids is 1. The van der Waals surface area contributed by atoms with Crippen molar-refractivity contribution < 1.29 is 18.3 Å². The largest absolute Gasteiger partial charge is 0.480 e. The predicted octanol–water partition coefficient (Wildman–Crippen LogP) is -0.315. The van der Waals surface area contributed by atoms with Crippen LogP contribution in [0.5, 0.6) is 0 Å². The smallest absolute Gasteiger partial charge is 0.323 e. The number of carboxylic acid groups (broad SMARTS) is 1. The van der Waals surface area contributed by atoms with Crippen molar-refractivity contribution in [3.63, 3.8) is 0 Å². The molecule has 6 nitrogen and oxygen atoms in total. The summed E-state index contributed by atoms with van der Waals surface area (Å²) in [5.74, 6) is -1.30. The van der Waals surface area contributed by atoms with Crippen molar-refractivity contribution in [1.29, 1.82) is 0 Å². The number of nitrogens with one attached hydrogen (secondary N) is 1. The van der Waals surface area contributed by atoms with Crippen molar-refractivity contribution in [2.45, 2.75) is 17.9 Å². The van der Waals surface area contributed by atoms with Crippen molar-refractivity contribution in [2.24, 2.45) is 5.73 Å². The van der Waals surface area contributed by atoms with Gasteiger partial charge in [-0.05, 0) is 19.1 Å². The van der Waals surface area contributed by atoms with Crippen molar-refractivity contribution >= 4 is 16.0 Å². The van der Waals surface area contributed by atoms with E-state index in [1.54, 1.807) is 12.1 Å². The molecule has 0 bridgehead atoms. The van der Waals surface area contributed by atoms with Crippen LogP contribution in [0.25, 0.3) is 0 Å². The van der Waals surface area contributed by atoms with Gasteiger partial charge in [0.15, 0.2) is 0 Å². The summed E-state index contributed by atoms with van der Waals surface area (Å²) in [4.78, 5) is 10.7. The Bertz CT molecular complexity index is 496. The Morgan fingerprint density at radius 2 is 1.94 bits per heavy atom. The maximum Gasteiger partial charge on any atom is 0.323 e. The summed E-state index contributed by atoms with van der Waals surface area (Å²) in [6, 6.07) is 4.76. The number of sulfonamides is 1. The zero-order valence-electron chi connectivity index (χ0n) is 9.25. The molecule has 0 aliphatic carbocycles. The number of hydrogen-bond acceptors (Lipinski definition) is 4. The van der Waals surface area contributed by atoms with Gasteiger partial charge in [-0.3, -0.25) is 4.79 Å². The van der Waals surface area contributed by atoms with Gasteiger partial charge in [-0.2, -0.15) is 4.72 Å². The van der Waals surface area contributed by atoms with Gasteiger partial charge in [-0.15, -0.1) is 0 Å². The molecule has 0 radical (unpaired) electrons. The summed E-state index contributed by atoms with van der Waals surface area (Å²) in [6.45, 7) is 1.52. The standard InChI is InChI=1S/C10H14N2O4S/c1-7-2-4-8(5-3-7)17(15,16)12-9(6-11)10(13)14/h2-5,9,12H,6,11H2,1H3,(H,13,14)/t9-/m0/s1. The van der Waals surface area contributed by atoms with Gasteiger partial charge >= 0.3 is 5.97 Å². The highest BCUT2D eigenvalue weighted by molar-refractivity contribution is 7.89. The van der Waals surface area contributed by atoms with Crippen LogP contribution in [0, 0.1) is 6.92 Å². The molecule has 4 N–H and O–H groups in total. The van der Waals surface area contributed by atoms with E-state index in [1.165, 1.54) is 12.1 Å². The van der Waals surface area contributed by atoms with E-state index in [0.29, 0.717) is 0 Å². The molecule has 1 rings (SSSR count). The molecule has 0 aromatic heterocycles. The van der Waals surface area contributed by atoms with Crippen molar-refractivity contribution in [2.75, 3.05) is 6.54 Å². The van der Waals surface area contributed by atoms with Crippen LogP contribution in [0.3, 0.4) is 0 Å². The summed E-state index contributed by atoms with van der Waals surface area (Å²) >= 11 is 0. The zero-order chi connectivity index (χ0) is 13.1. The SMILES string of the molecule is Cc1ccc(S(=O)(=O)N[C@@H](CN)C(=O)O)cc1. The van der Waals surface area contributed by atoms with Gasteiger partial charge in [0, 0.05) is 6.54 Å². The highest BCUT2D eigenvalue weighted by atomic mass is 32.2. The first kappa shape index (κ1) is 13.6. The molecule has 1 aromatic carbocycles. The lowest BCUT2D eigenvalue weighted by Crippen LogP contribution is -2.45. The fraction of sp³-hybridized carbons (Fsp3) is 0.300. The Morgan fingerprint density at radius 1 is 1.41 bits per heavy atom. The minimum Gasteiger partial charge on any atom is -0.480 e. The van der Waals surface area contributed by atoms with Crippen LogP contribution in [0.2, 0.25) is 0 Å². The molecule has 0 saturated heterocycles. The molecule has 0 saturated carbocycles. The van der Waals surface area contributed by atoms with Gasteiger partial charge in [-0.1, -0.05) is 17.7 Å². The van der Waals surface area contributed by atoms with Crippen LogP contribution in [0.4, 0.5) is 0 Å². The number of aryl methyl sites for hydroxylation is 1. The second kappa shape index (κ2) is 5.26. The van der Waals surface area contributed by atoms with E-state index in [-0.39, 0.29) is 11.4 Å². The first-order valence-corrected chi connectivity index (χ1v) is 6.37. The first-order chi connectivity index (χ1) is 7.86. The number of aliphatic carboxylic acids is 1. The molecule has 1 aromatic rings. The van der Waals surface area contributed by atoms with Crippen LogP contribution in [0.1, 0.15) is 5.56 Å². The van der Waals surface area contributed by atoms with E-state index in [0.717, 1.165) is 5.56 Å². The van der Waals surface area contributed by atoms with Crippen LogP contribution < -0.4 is 10.5 Å². The lowest BCUT2D eigenvalue weighted by atomic mass is 10.2. The third-order valence-corrected chi connectivity index (χ3v) is 3.65. The van der Waals surface area contributed by atoms with Crippen LogP contribution >= 0.6 is 0 Å². The number of benzene rings is 1. The zero-order valence-corrected chi connectivity index (χ0v) is 10.1. The van der Waals surface area contributed by atoms with Crippen molar-refractivity contribution in [3.05, 3.63) is 29.8 Å². The molecular weight excluding hydrogens is 244 g/mol. The van der Waals surface area contributed by atoms with Crippen LogP contribution in [0.15, 0.2) is 29.2 Å². The van der Waals surface area contributed by atoms with E-state index >= 15 is 0 Å². The molecule has 0 unspecified atom stereocenters. The second-order valence-electron chi connectivity index (χ2n) is 3.56. The molecule has 7 heteroatoms. The fourth-order valence-electron chi connectivity index (χ4n) is 1.17. The van der Waals surface area contributed by atoms with Gasteiger partial charge < -0.3 is 10.8 Å². The minimum atomic E-state index is -3.84. The quantitative estimate of drug-likeness (QED) is 0.671. The number of rotatable bonds is 5.